The standard InChI is InChI=1S/C18H22BF4NO3/c1-11(25)24-10-14(19-26-16(2,3)17(4,5)27-19)9-12-8-13(18(21,22)23)6-7-15(12)20/h6-9H,10H2,1-5H3,(H,24,25). The highest BCUT2D eigenvalue weighted by Crippen LogP contribution is 2.39. The van der Waals surface area contributed by atoms with Crippen LogP contribution in [0.4, 0.5) is 17.6 Å². The lowest BCUT2D eigenvalue weighted by atomic mass is 9.76. The van der Waals surface area contributed by atoms with Crippen molar-refractivity contribution in [2.45, 2.75) is 52.0 Å². The zero-order valence-corrected chi connectivity index (χ0v) is 15.8. The molecule has 4 nitrogen and oxygen atoms in total. The highest BCUT2D eigenvalue weighted by atomic mass is 19.4. The first-order valence-electron chi connectivity index (χ1n) is 8.40. The van der Waals surface area contributed by atoms with E-state index in [1.807, 2.05) is 27.7 Å². The molecule has 1 saturated heterocycles. The van der Waals surface area contributed by atoms with Crippen molar-refractivity contribution in [2.24, 2.45) is 0 Å². The van der Waals surface area contributed by atoms with Gasteiger partial charge in [0.2, 0.25) is 5.91 Å². The molecule has 2 rings (SSSR count). The molecule has 1 aromatic carbocycles. The van der Waals surface area contributed by atoms with Gasteiger partial charge in [-0.25, -0.2) is 4.39 Å². The Morgan fingerprint density at radius 3 is 2.22 bits per heavy atom. The predicted molar refractivity (Wildman–Crippen MR) is 94.1 cm³/mol. The summed E-state index contributed by atoms with van der Waals surface area (Å²) in [7, 11) is -0.934. The lowest BCUT2D eigenvalue weighted by molar-refractivity contribution is -0.137. The average molecular weight is 387 g/mol. The van der Waals surface area contributed by atoms with E-state index in [1.54, 1.807) is 0 Å². The van der Waals surface area contributed by atoms with Gasteiger partial charge in [-0.3, -0.25) is 4.79 Å². The molecule has 0 saturated carbocycles. The van der Waals surface area contributed by atoms with Gasteiger partial charge in [0.25, 0.3) is 0 Å². The van der Waals surface area contributed by atoms with Crippen LogP contribution in [-0.4, -0.2) is 30.8 Å². The van der Waals surface area contributed by atoms with Crippen molar-refractivity contribution in [3.05, 3.63) is 40.6 Å². The van der Waals surface area contributed by atoms with Crippen LogP contribution in [0.15, 0.2) is 23.7 Å². The van der Waals surface area contributed by atoms with Gasteiger partial charge in [-0.05, 0) is 51.4 Å². The van der Waals surface area contributed by atoms with E-state index in [0.29, 0.717) is 17.6 Å². The number of carbonyl (C=O) groups is 1. The topological polar surface area (TPSA) is 47.6 Å². The smallest absolute Gasteiger partial charge is 0.400 e. The minimum atomic E-state index is -4.60. The van der Waals surface area contributed by atoms with E-state index >= 15 is 0 Å². The zero-order valence-electron chi connectivity index (χ0n) is 15.8. The fourth-order valence-electron chi connectivity index (χ4n) is 2.45. The molecule has 1 heterocycles. The van der Waals surface area contributed by atoms with Crippen LogP contribution in [0.2, 0.25) is 0 Å². The van der Waals surface area contributed by atoms with Gasteiger partial charge >= 0.3 is 13.3 Å². The highest BCUT2D eigenvalue weighted by Gasteiger charge is 2.52. The van der Waals surface area contributed by atoms with Crippen LogP contribution in [0, 0.1) is 5.82 Å². The summed E-state index contributed by atoms with van der Waals surface area (Å²) in [6.45, 7) is 8.50. The number of hydrogen-bond acceptors (Lipinski definition) is 3. The second-order valence-corrected chi connectivity index (χ2v) is 7.45. The van der Waals surface area contributed by atoms with E-state index in [4.69, 9.17) is 9.31 Å². The Morgan fingerprint density at radius 1 is 1.19 bits per heavy atom. The van der Waals surface area contributed by atoms with E-state index in [-0.39, 0.29) is 18.0 Å². The third kappa shape index (κ3) is 4.90. The van der Waals surface area contributed by atoms with Crippen molar-refractivity contribution in [2.75, 3.05) is 6.54 Å². The predicted octanol–water partition coefficient (Wildman–Crippen LogP) is 4.00. The van der Waals surface area contributed by atoms with E-state index in [1.165, 1.54) is 13.0 Å². The number of hydrogen-bond donors (Lipinski definition) is 1. The summed E-state index contributed by atoms with van der Waals surface area (Å²) in [5.41, 5.74) is -2.32. The van der Waals surface area contributed by atoms with Crippen LogP contribution in [0.5, 0.6) is 0 Å². The van der Waals surface area contributed by atoms with Crippen LogP contribution in [0.1, 0.15) is 45.7 Å². The molecule has 9 heteroatoms. The molecule has 1 fully saturated rings. The normalized spacial score (nSPS) is 19.3. The van der Waals surface area contributed by atoms with Gasteiger partial charge in [0.15, 0.2) is 0 Å². The van der Waals surface area contributed by atoms with Gasteiger partial charge in [0, 0.05) is 19.0 Å². The van der Waals surface area contributed by atoms with Gasteiger partial charge in [-0.2, -0.15) is 13.2 Å². The lowest BCUT2D eigenvalue weighted by Gasteiger charge is -2.32. The van der Waals surface area contributed by atoms with Crippen molar-refractivity contribution >= 4 is 19.1 Å². The van der Waals surface area contributed by atoms with Crippen LogP contribution >= 0.6 is 0 Å². The molecule has 1 aromatic rings. The summed E-state index contributed by atoms with van der Waals surface area (Å²) in [6.07, 6.45) is -3.37. The van der Waals surface area contributed by atoms with Crippen LogP contribution < -0.4 is 5.32 Å². The van der Waals surface area contributed by atoms with Crippen molar-refractivity contribution in [3.63, 3.8) is 0 Å². The summed E-state index contributed by atoms with van der Waals surface area (Å²) >= 11 is 0. The van der Waals surface area contributed by atoms with Crippen molar-refractivity contribution in [3.8, 4) is 0 Å². The molecule has 0 spiro atoms. The maximum Gasteiger partial charge on any atom is 0.492 e. The maximum absolute atomic E-state index is 14.1. The number of halogens is 4. The number of carbonyl (C=O) groups excluding carboxylic acids is 1. The fourth-order valence-corrected chi connectivity index (χ4v) is 2.45. The number of alkyl halides is 3. The van der Waals surface area contributed by atoms with Crippen LogP contribution in [0.3, 0.4) is 0 Å². The molecule has 0 aromatic heterocycles. The first kappa shape index (κ1) is 21.4. The summed E-state index contributed by atoms with van der Waals surface area (Å²) in [4.78, 5) is 11.3. The summed E-state index contributed by atoms with van der Waals surface area (Å²) in [5.74, 6) is -1.17. The molecule has 0 atom stereocenters. The van der Waals surface area contributed by atoms with Crippen molar-refractivity contribution in [1.29, 1.82) is 0 Å². The van der Waals surface area contributed by atoms with Crippen LogP contribution in [-0.2, 0) is 20.3 Å². The Hall–Kier alpha value is -1.87. The first-order valence-corrected chi connectivity index (χ1v) is 8.40. The fraction of sp³-hybridized carbons (Fsp3) is 0.500. The SMILES string of the molecule is CC(=O)NCC(=Cc1cc(C(F)(F)F)ccc1F)B1OC(C)(C)C(C)(C)O1. The Labute approximate surface area is 156 Å². The molecule has 148 valence electrons. The van der Waals surface area contributed by atoms with Crippen LogP contribution in [0.25, 0.3) is 6.08 Å². The minimum absolute atomic E-state index is 0.0537. The molecule has 0 radical (unpaired) electrons. The number of nitrogens with one attached hydrogen (secondary N) is 1. The van der Waals surface area contributed by atoms with Gasteiger partial charge in [0.05, 0.1) is 16.8 Å². The van der Waals surface area contributed by atoms with E-state index in [2.05, 4.69) is 5.32 Å². The summed E-state index contributed by atoms with van der Waals surface area (Å²) < 4.78 is 64.7. The molecule has 0 unspecified atom stereocenters. The van der Waals surface area contributed by atoms with Gasteiger partial charge in [0.1, 0.15) is 5.82 Å². The summed E-state index contributed by atoms with van der Waals surface area (Å²) in [5, 5.41) is 2.55. The molecule has 1 N–H and O–H groups in total. The molecule has 27 heavy (non-hydrogen) atoms. The van der Waals surface area contributed by atoms with E-state index in [9.17, 15) is 22.4 Å². The summed E-state index contributed by atoms with van der Waals surface area (Å²) in [6, 6.07) is 2.15. The van der Waals surface area contributed by atoms with E-state index in [0.717, 1.165) is 6.07 Å². The molecule has 1 aliphatic rings. The Balaban J connectivity index is 2.45. The monoisotopic (exact) mass is 387 g/mol. The maximum atomic E-state index is 14.1. The number of benzene rings is 1. The molecular formula is C18H22BF4NO3. The Bertz CT molecular complexity index is 743. The molecule has 1 aliphatic heterocycles. The Morgan fingerprint density at radius 2 is 1.74 bits per heavy atom. The Kier molecular flexibility index (Phi) is 5.78. The quantitative estimate of drug-likeness (QED) is 0.628. The van der Waals surface area contributed by atoms with E-state index < -0.39 is 35.9 Å². The third-order valence-corrected chi connectivity index (χ3v) is 4.76. The van der Waals surface area contributed by atoms with Gasteiger partial charge < -0.3 is 14.6 Å². The highest BCUT2D eigenvalue weighted by molar-refractivity contribution is 6.56. The molecule has 1 amide bonds. The van der Waals surface area contributed by atoms with Crippen molar-refractivity contribution < 1.29 is 31.7 Å². The zero-order chi connectivity index (χ0) is 20.6. The molecule has 0 aliphatic carbocycles. The second-order valence-electron chi connectivity index (χ2n) is 7.45. The first-order chi connectivity index (χ1) is 12.2. The largest absolute Gasteiger partial charge is 0.492 e. The number of rotatable bonds is 4. The number of amides is 1. The van der Waals surface area contributed by atoms with Gasteiger partial charge in [-0.15, -0.1) is 0 Å². The minimum Gasteiger partial charge on any atom is -0.400 e. The van der Waals surface area contributed by atoms with Crippen molar-refractivity contribution in [1.82, 2.24) is 5.32 Å². The third-order valence-electron chi connectivity index (χ3n) is 4.76. The van der Waals surface area contributed by atoms with Gasteiger partial charge in [-0.1, -0.05) is 6.08 Å². The molecular weight excluding hydrogens is 365 g/mol. The lowest BCUT2D eigenvalue weighted by Crippen LogP contribution is -2.41. The molecule has 0 bridgehead atoms. The second kappa shape index (κ2) is 7.28. The average Bonchev–Trinajstić information content (AvgIpc) is 2.72.